The molecule has 0 radical (unpaired) electrons. The first-order chi connectivity index (χ1) is 11.6. The van der Waals surface area contributed by atoms with Gasteiger partial charge in [0.25, 0.3) is 5.56 Å². The predicted molar refractivity (Wildman–Crippen MR) is 95.9 cm³/mol. The van der Waals surface area contributed by atoms with E-state index < -0.39 is 0 Å². The highest BCUT2D eigenvalue weighted by Crippen LogP contribution is 2.12. The summed E-state index contributed by atoms with van der Waals surface area (Å²) in [5, 5.41) is 11.5. The van der Waals surface area contributed by atoms with Gasteiger partial charge in [-0.15, -0.1) is 0 Å². The Morgan fingerprint density at radius 3 is 2.62 bits per heavy atom. The van der Waals surface area contributed by atoms with Gasteiger partial charge in [0.2, 0.25) is 5.91 Å². The Balaban J connectivity index is 1.70. The topological polar surface area (TPSA) is 87.2 Å². The molecule has 0 atom stereocenters. The molecular formula is C17H13BrN4O2. The third-order valence-electron chi connectivity index (χ3n) is 3.38. The van der Waals surface area contributed by atoms with Gasteiger partial charge >= 0.3 is 0 Å². The summed E-state index contributed by atoms with van der Waals surface area (Å²) in [7, 11) is 0. The van der Waals surface area contributed by atoms with Crippen LogP contribution in [0.25, 0.3) is 10.8 Å². The van der Waals surface area contributed by atoms with Gasteiger partial charge in [0.05, 0.1) is 23.7 Å². The minimum absolute atomic E-state index is 0.0228. The van der Waals surface area contributed by atoms with Crippen LogP contribution in [0.3, 0.4) is 0 Å². The van der Waals surface area contributed by atoms with Crippen LogP contribution in [0.5, 0.6) is 0 Å². The molecule has 7 heteroatoms. The van der Waals surface area contributed by atoms with Gasteiger partial charge in [-0.25, -0.2) is 10.5 Å². The highest BCUT2D eigenvalue weighted by Gasteiger charge is 2.09. The van der Waals surface area contributed by atoms with Crippen molar-refractivity contribution < 1.29 is 4.79 Å². The van der Waals surface area contributed by atoms with E-state index in [9.17, 15) is 9.59 Å². The number of aromatic amines is 1. The van der Waals surface area contributed by atoms with E-state index in [2.05, 4.69) is 36.7 Å². The lowest BCUT2D eigenvalue weighted by molar-refractivity contribution is -0.120. The molecule has 0 bridgehead atoms. The van der Waals surface area contributed by atoms with Crippen LogP contribution >= 0.6 is 15.9 Å². The lowest BCUT2D eigenvalue weighted by Crippen LogP contribution is -2.22. The van der Waals surface area contributed by atoms with Crippen molar-refractivity contribution in [2.75, 3.05) is 0 Å². The summed E-state index contributed by atoms with van der Waals surface area (Å²) < 4.78 is 0.972. The molecule has 2 N–H and O–H groups in total. The quantitative estimate of drug-likeness (QED) is 0.534. The van der Waals surface area contributed by atoms with Crippen LogP contribution < -0.4 is 11.0 Å². The Kier molecular flexibility index (Phi) is 4.81. The number of rotatable bonds is 4. The summed E-state index contributed by atoms with van der Waals surface area (Å²) in [6.07, 6.45) is 1.58. The van der Waals surface area contributed by atoms with E-state index in [0.717, 1.165) is 10.0 Å². The fourth-order valence-corrected chi connectivity index (χ4v) is 2.49. The average Bonchev–Trinajstić information content (AvgIpc) is 2.59. The van der Waals surface area contributed by atoms with Gasteiger partial charge in [0.15, 0.2) is 0 Å². The molecule has 0 aliphatic heterocycles. The minimum Gasteiger partial charge on any atom is -0.273 e. The van der Waals surface area contributed by atoms with Crippen molar-refractivity contribution in [3.63, 3.8) is 0 Å². The number of H-pyrrole nitrogens is 1. The predicted octanol–water partition coefficient (Wildman–Crippen LogP) is 2.38. The third-order valence-corrected chi connectivity index (χ3v) is 3.90. The molecule has 1 heterocycles. The molecule has 6 nitrogen and oxygen atoms in total. The van der Waals surface area contributed by atoms with E-state index in [1.807, 2.05) is 24.3 Å². The SMILES string of the molecule is O=C(Cc1n[nH]c(=O)c2ccccc12)N/N=C\c1ccc(Br)cc1. The second-order valence-electron chi connectivity index (χ2n) is 5.07. The van der Waals surface area contributed by atoms with Gasteiger partial charge in [-0.1, -0.05) is 46.3 Å². The fourth-order valence-electron chi connectivity index (χ4n) is 2.23. The second-order valence-corrected chi connectivity index (χ2v) is 5.98. The van der Waals surface area contributed by atoms with E-state index >= 15 is 0 Å². The zero-order chi connectivity index (χ0) is 16.9. The van der Waals surface area contributed by atoms with Crippen molar-refractivity contribution in [1.82, 2.24) is 15.6 Å². The Hall–Kier alpha value is -2.80. The second kappa shape index (κ2) is 7.18. The molecule has 0 saturated carbocycles. The number of hydrazone groups is 1. The molecule has 0 saturated heterocycles. The van der Waals surface area contributed by atoms with E-state index in [1.54, 1.807) is 30.5 Å². The number of nitrogens with one attached hydrogen (secondary N) is 2. The smallest absolute Gasteiger partial charge is 0.272 e. The Bertz CT molecular complexity index is 964. The molecule has 120 valence electrons. The molecule has 1 aromatic heterocycles. The van der Waals surface area contributed by atoms with Crippen molar-refractivity contribution in [2.24, 2.45) is 5.10 Å². The van der Waals surface area contributed by atoms with Gasteiger partial charge in [-0.05, 0) is 23.8 Å². The van der Waals surface area contributed by atoms with Gasteiger partial charge in [-0.2, -0.15) is 10.2 Å². The van der Waals surface area contributed by atoms with Gasteiger partial charge in [0.1, 0.15) is 0 Å². The van der Waals surface area contributed by atoms with E-state index in [0.29, 0.717) is 16.5 Å². The summed E-state index contributed by atoms with van der Waals surface area (Å²) in [6.45, 7) is 0. The molecule has 24 heavy (non-hydrogen) atoms. The minimum atomic E-state index is -0.312. The first-order valence-electron chi connectivity index (χ1n) is 7.17. The average molecular weight is 385 g/mol. The number of hydrogen-bond donors (Lipinski definition) is 2. The molecule has 0 spiro atoms. The molecule has 3 rings (SSSR count). The van der Waals surface area contributed by atoms with Crippen molar-refractivity contribution in [1.29, 1.82) is 0 Å². The number of hydrogen-bond acceptors (Lipinski definition) is 4. The van der Waals surface area contributed by atoms with Crippen molar-refractivity contribution in [2.45, 2.75) is 6.42 Å². The Morgan fingerprint density at radius 1 is 1.17 bits per heavy atom. The summed E-state index contributed by atoms with van der Waals surface area (Å²) in [6, 6.07) is 14.6. The van der Waals surface area contributed by atoms with Crippen LogP contribution in [0, 0.1) is 0 Å². The highest BCUT2D eigenvalue weighted by atomic mass is 79.9. The lowest BCUT2D eigenvalue weighted by Gasteiger charge is -2.03. The first-order valence-corrected chi connectivity index (χ1v) is 7.96. The number of fused-ring (bicyclic) bond motifs is 1. The molecule has 0 fully saturated rings. The molecule has 0 unspecified atom stereocenters. The maximum Gasteiger partial charge on any atom is 0.272 e. The normalized spacial score (nSPS) is 11.0. The summed E-state index contributed by atoms with van der Waals surface area (Å²) in [5.41, 5.74) is 3.55. The lowest BCUT2D eigenvalue weighted by atomic mass is 10.1. The number of nitrogens with zero attached hydrogens (tertiary/aromatic N) is 2. The molecule has 2 aromatic carbocycles. The van der Waals surface area contributed by atoms with E-state index in [4.69, 9.17) is 0 Å². The van der Waals surface area contributed by atoms with E-state index in [-0.39, 0.29) is 17.9 Å². The van der Waals surface area contributed by atoms with Crippen LogP contribution in [0.4, 0.5) is 0 Å². The van der Waals surface area contributed by atoms with Gasteiger partial charge in [0, 0.05) is 9.86 Å². The van der Waals surface area contributed by atoms with Gasteiger partial charge in [-0.3, -0.25) is 9.59 Å². The number of aromatic nitrogens is 2. The zero-order valence-electron chi connectivity index (χ0n) is 12.5. The molecule has 0 aliphatic carbocycles. The highest BCUT2D eigenvalue weighted by molar-refractivity contribution is 9.10. The molecular weight excluding hydrogens is 372 g/mol. The third kappa shape index (κ3) is 3.75. The Labute approximate surface area is 145 Å². The van der Waals surface area contributed by atoms with Crippen molar-refractivity contribution in [3.8, 4) is 0 Å². The number of benzene rings is 2. The molecule has 1 amide bonds. The molecule has 0 aliphatic rings. The fraction of sp³-hybridized carbons (Fsp3) is 0.0588. The largest absolute Gasteiger partial charge is 0.273 e. The number of amides is 1. The summed E-state index contributed by atoms with van der Waals surface area (Å²) in [5.74, 6) is -0.312. The zero-order valence-corrected chi connectivity index (χ0v) is 14.1. The van der Waals surface area contributed by atoms with Crippen LogP contribution in [-0.4, -0.2) is 22.3 Å². The van der Waals surface area contributed by atoms with Crippen LogP contribution in [0.1, 0.15) is 11.3 Å². The number of halogens is 1. The monoisotopic (exact) mass is 384 g/mol. The summed E-state index contributed by atoms with van der Waals surface area (Å²) in [4.78, 5) is 23.7. The van der Waals surface area contributed by atoms with Gasteiger partial charge < -0.3 is 0 Å². The maximum atomic E-state index is 12.0. The van der Waals surface area contributed by atoms with Crippen LogP contribution in [0.2, 0.25) is 0 Å². The number of carbonyl (C=O) groups excluding carboxylic acids is 1. The molecule has 3 aromatic rings. The standard InChI is InChI=1S/C17H13BrN4O2/c18-12-7-5-11(6-8-12)10-19-21-16(23)9-15-13-3-1-2-4-14(13)17(24)22-20-15/h1-8,10H,9H2,(H,21,23)(H,22,24)/b19-10-. The Morgan fingerprint density at radius 2 is 1.88 bits per heavy atom. The van der Waals surface area contributed by atoms with E-state index in [1.165, 1.54) is 0 Å². The number of carbonyl (C=O) groups is 1. The summed E-state index contributed by atoms with van der Waals surface area (Å²) >= 11 is 3.35. The maximum absolute atomic E-state index is 12.0. The van der Waals surface area contributed by atoms with Crippen molar-refractivity contribution >= 4 is 38.8 Å². The first kappa shape index (κ1) is 16.1. The van der Waals surface area contributed by atoms with Crippen LogP contribution in [0.15, 0.2) is 62.9 Å². The van der Waals surface area contributed by atoms with Crippen molar-refractivity contribution in [3.05, 3.63) is 74.6 Å². The van der Waals surface area contributed by atoms with Crippen LogP contribution in [-0.2, 0) is 11.2 Å².